The molecule has 6 nitrogen and oxygen atoms in total. The molecule has 0 saturated carbocycles. The largest absolute Gasteiger partial charge is 0.477 e. The van der Waals surface area contributed by atoms with Crippen molar-refractivity contribution in [2.75, 3.05) is 0 Å². The number of hydrogen-bond donors (Lipinski definition) is 1. The number of benzene rings is 1. The van der Waals surface area contributed by atoms with E-state index >= 15 is 0 Å². The summed E-state index contributed by atoms with van der Waals surface area (Å²) in [5, 5.41) is 27.6. The van der Waals surface area contributed by atoms with Gasteiger partial charge in [0.05, 0.1) is 10.5 Å². The maximum atomic E-state index is 10.7. The van der Waals surface area contributed by atoms with Gasteiger partial charge in [-0.1, -0.05) is 11.6 Å². The van der Waals surface area contributed by atoms with Crippen LogP contribution in [0.3, 0.4) is 0 Å². The van der Waals surface area contributed by atoms with Crippen molar-refractivity contribution in [2.45, 2.75) is 0 Å². The predicted molar refractivity (Wildman–Crippen MR) is 49.8 cm³/mol. The number of hydrogen-bond acceptors (Lipinski definition) is 4. The molecule has 0 saturated heterocycles. The van der Waals surface area contributed by atoms with Crippen LogP contribution < -0.4 is 0 Å². The van der Waals surface area contributed by atoms with E-state index in [0.717, 1.165) is 12.1 Å². The third-order valence-corrected chi connectivity index (χ3v) is 1.95. The number of carboxylic acids is 1. The van der Waals surface area contributed by atoms with Gasteiger partial charge in [-0.05, 0) is 12.1 Å². The van der Waals surface area contributed by atoms with Crippen molar-refractivity contribution in [3.05, 3.63) is 38.4 Å². The summed E-state index contributed by atoms with van der Waals surface area (Å²) in [5.74, 6) is -1.55. The van der Waals surface area contributed by atoms with Crippen LogP contribution in [0, 0.1) is 21.4 Å². The Morgan fingerprint density at radius 2 is 2.20 bits per heavy atom. The quantitative estimate of drug-likeness (QED) is 0.612. The molecule has 0 spiro atoms. The van der Waals surface area contributed by atoms with Gasteiger partial charge in [0.15, 0.2) is 5.56 Å². The third-order valence-electron chi connectivity index (χ3n) is 1.65. The molecule has 0 aliphatic rings. The number of nitro benzene ring substituents is 1. The zero-order valence-electron chi connectivity index (χ0n) is 7.10. The van der Waals surface area contributed by atoms with E-state index in [1.165, 1.54) is 0 Å². The third kappa shape index (κ3) is 1.87. The fraction of sp³-hybridized carbons (Fsp3) is 0. The Labute approximate surface area is 88.5 Å². The molecule has 0 aromatic heterocycles. The van der Waals surface area contributed by atoms with Gasteiger partial charge in [0.1, 0.15) is 11.1 Å². The molecule has 1 rings (SSSR count). The second-order valence-corrected chi connectivity index (χ2v) is 2.90. The molecule has 0 radical (unpaired) electrons. The molecule has 0 aliphatic heterocycles. The molecule has 0 amide bonds. The number of halogens is 1. The average Bonchev–Trinajstić information content (AvgIpc) is 2.16. The van der Waals surface area contributed by atoms with Crippen LogP contribution >= 0.6 is 11.6 Å². The highest BCUT2D eigenvalue weighted by Gasteiger charge is 2.27. The number of nitro groups is 1. The number of nitrogens with zero attached hydrogens (tertiary/aromatic N) is 2. The SMILES string of the molecule is N#Cc1ccc(Cl)c([N+](=O)[O-])c1C(=O)O. The zero-order valence-corrected chi connectivity index (χ0v) is 7.85. The lowest BCUT2D eigenvalue weighted by Gasteiger charge is -2.01. The van der Waals surface area contributed by atoms with E-state index in [0.29, 0.717) is 0 Å². The molecular formula is C8H3ClN2O4. The van der Waals surface area contributed by atoms with Gasteiger partial charge in [0, 0.05) is 0 Å². The highest BCUT2D eigenvalue weighted by atomic mass is 35.5. The van der Waals surface area contributed by atoms with Crippen molar-refractivity contribution in [3.8, 4) is 6.07 Å². The normalized spacial score (nSPS) is 9.33. The second-order valence-electron chi connectivity index (χ2n) is 2.49. The minimum Gasteiger partial charge on any atom is -0.477 e. The molecule has 7 heteroatoms. The van der Waals surface area contributed by atoms with Crippen molar-refractivity contribution in [3.63, 3.8) is 0 Å². The summed E-state index contributed by atoms with van der Waals surface area (Å²) in [5.41, 5.74) is -1.74. The first-order valence-electron chi connectivity index (χ1n) is 3.59. The highest BCUT2D eigenvalue weighted by Crippen LogP contribution is 2.30. The van der Waals surface area contributed by atoms with E-state index < -0.39 is 22.1 Å². The molecule has 0 atom stereocenters. The molecule has 0 aliphatic carbocycles. The van der Waals surface area contributed by atoms with Gasteiger partial charge in [-0.3, -0.25) is 10.1 Å². The van der Waals surface area contributed by atoms with Crippen molar-refractivity contribution >= 4 is 23.3 Å². The maximum absolute atomic E-state index is 10.7. The minimum absolute atomic E-state index is 0.293. The maximum Gasteiger partial charge on any atom is 0.344 e. The first-order valence-corrected chi connectivity index (χ1v) is 3.97. The summed E-state index contributed by atoms with van der Waals surface area (Å²) in [7, 11) is 0. The fourth-order valence-corrected chi connectivity index (χ4v) is 1.28. The monoisotopic (exact) mass is 226 g/mol. The molecule has 1 aromatic carbocycles. The molecule has 0 heterocycles. The summed E-state index contributed by atoms with van der Waals surface area (Å²) in [6.45, 7) is 0. The first kappa shape index (κ1) is 10.9. The van der Waals surface area contributed by atoms with Gasteiger partial charge in [-0.25, -0.2) is 4.79 Å². The van der Waals surface area contributed by atoms with E-state index in [2.05, 4.69) is 0 Å². The number of aromatic carboxylic acids is 1. The molecule has 1 N–H and O–H groups in total. The molecule has 15 heavy (non-hydrogen) atoms. The van der Waals surface area contributed by atoms with Crippen molar-refractivity contribution in [2.24, 2.45) is 0 Å². The van der Waals surface area contributed by atoms with Gasteiger partial charge in [-0.2, -0.15) is 5.26 Å². The van der Waals surface area contributed by atoms with Crippen molar-refractivity contribution in [1.82, 2.24) is 0 Å². The second kappa shape index (κ2) is 3.94. The summed E-state index contributed by atoms with van der Waals surface area (Å²) < 4.78 is 0. The summed E-state index contributed by atoms with van der Waals surface area (Å²) >= 11 is 5.48. The molecule has 0 unspecified atom stereocenters. The van der Waals surface area contributed by atoms with E-state index in [4.69, 9.17) is 22.0 Å². The van der Waals surface area contributed by atoms with E-state index in [1.807, 2.05) is 0 Å². The Bertz CT molecular complexity index is 492. The van der Waals surface area contributed by atoms with Crippen LogP contribution in [-0.4, -0.2) is 16.0 Å². The number of carbonyl (C=O) groups is 1. The van der Waals surface area contributed by atoms with Crippen LogP contribution in [0.5, 0.6) is 0 Å². The van der Waals surface area contributed by atoms with Gasteiger partial charge in [0.25, 0.3) is 0 Å². The van der Waals surface area contributed by atoms with Crippen molar-refractivity contribution < 1.29 is 14.8 Å². The lowest BCUT2D eigenvalue weighted by molar-refractivity contribution is -0.385. The van der Waals surface area contributed by atoms with Gasteiger partial charge >= 0.3 is 11.7 Å². The Hall–Kier alpha value is -2.13. The van der Waals surface area contributed by atoms with Crippen molar-refractivity contribution in [1.29, 1.82) is 5.26 Å². The number of rotatable bonds is 2. The highest BCUT2D eigenvalue weighted by molar-refractivity contribution is 6.33. The number of nitriles is 1. The first-order chi connectivity index (χ1) is 6.99. The Balaban J connectivity index is 3.68. The summed E-state index contributed by atoms with van der Waals surface area (Å²) in [6, 6.07) is 3.80. The molecule has 0 bridgehead atoms. The van der Waals surface area contributed by atoms with Gasteiger partial charge < -0.3 is 5.11 Å². The molecule has 76 valence electrons. The smallest absolute Gasteiger partial charge is 0.344 e. The number of carboxylic acid groups (broad SMARTS) is 1. The van der Waals surface area contributed by atoms with Crippen LogP contribution in [-0.2, 0) is 0 Å². The van der Waals surface area contributed by atoms with Crippen LogP contribution in [0.15, 0.2) is 12.1 Å². The Kier molecular flexibility index (Phi) is 2.87. The lowest BCUT2D eigenvalue weighted by Crippen LogP contribution is -2.06. The van der Waals surface area contributed by atoms with Gasteiger partial charge in [-0.15, -0.1) is 0 Å². The molecular weight excluding hydrogens is 224 g/mol. The standard InChI is InChI=1S/C8H3ClN2O4/c9-5-2-1-4(3-10)6(8(12)13)7(5)11(14)15/h1-2H,(H,12,13). The molecule has 1 aromatic rings. The minimum atomic E-state index is -1.55. The average molecular weight is 227 g/mol. The lowest BCUT2D eigenvalue weighted by atomic mass is 10.1. The predicted octanol–water partition coefficient (Wildman–Crippen LogP) is 1.82. The van der Waals surface area contributed by atoms with E-state index in [1.54, 1.807) is 6.07 Å². The topological polar surface area (TPSA) is 104 Å². The van der Waals surface area contributed by atoms with Crippen LogP contribution in [0.4, 0.5) is 5.69 Å². The molecule has 0 fully saturated rings. The zero-order chi connectivity index (χ0) is 11.6. The Morgan fingerprint density at radius 3 is 2.60 bits per heavy atom. The van der Waals surface area contributed by atoms with Gasteiger partial charge in [0.2, 0.25) is 0 Å². The van der Waals surface area contributed by atoms with Crippen LogP contribution in [0.2, 0.25) is 5.02 Å². The Morgan fingerprint density at radius 1 is 1.60 bits per heavy atom. The van der Waals surface area contributed by atoms with Crippen LogP contribution in [0.1, 0.15) is 15.9 Å². The van der Waals surface area contributed by atoms with Crippen LogP contribution in [0.25, 0.3) is 0 Å². The van der Waals surface area contributed by atoms with E-state index in [-0.39, 0.29) is 10.6 Å². The summed E-state index contributed by atoms with van der Waals surface area (Å²) in [4.78, 5) is 20.4. The van der Waals surface area contributed by atoms with E-state index in [9.17, 15) is 14.9 Å². The fourth-order valence-electron chi connectivity index (χ4n) is 1.05. The summed E-state index contributed by atoms with van der Waals surface area (Å²) in [6.07, 6.45) is 0.